The van der Waals surface area contributed by atoms with Crippen LogP contribution in [0.15, 0.2) is 42.7 Å². The van der Waals surface area contributed by atoms with Gasteiger partial charge in [-0.2, -0.15) is 10.2 Å². The third-order valence-corrected chi connectivity index (χ3v) is 5.56. The van der Waals surface area contributed by atoms with Crippen molar-refractivity contribution < 1.29 is 13.2 Å². The van der Waals surface area contributed by atoms with Crippen LogP contribution in [0, 0.1) is 17.5 Å². The van der Waals surface area contributed by atoms with E-state index in [1.165, 1.54) is 23.0 Å². The summed E-state index contributed by atoms with van der Waals surface area (Å²) in [4.78, 5) is 10.9. The minimum absolute atomic E-state index is 0.0405. The summed E-state index contributed by atoms with van der Waals surface area (Å²) in [6.07, 6.45) is 4.63. The van der Waals surface area contributed by atoms with E-state index in [0.29, 0.717) is 35.7 Å². The van der Waals surface area contributed by atoms with Gasteiger partial charge in [-0.15, -0.1) is 4.80 Å². The van der Waals surface area contributed by atoms with Crippen molar-refractivity contribution in [1.29, 1.82) is 0 Å². The zero-order valence-corrected chi connectivity index (χ0v) is 15.5. The second-order valence-corrected chi connectivity index (χ2v) is 7.32. The van der Waals surface area contributed by atoms with Crippen molar-refractivity contribution in [3.05, 3.63) is 66.0 Å². The van der Waals surface area contributed by atoms with Crippen LogP contribution in [0.1, 0.15) is 25.6 Å². The van der Waals surface area contributed by atoms with Gasteiger partial charge < -0.3 is 9.88 Å². The van der Waals surface area contributed by atoms with Crippen LogP contribution in [-0.4, -0.2) is 31.5 Å². The molecule has 6 nitrogen and oxygen atoms in total. The Morgan fingerprint density at radius 1 is 1.03 bits per heavy atom. The van der Waals surface area contributed by atoms with Crippen LogP contribution in [0.25, 0.3) is 16.7 Å². The van der Waals surface area contributed by atoms with Crippen LogP contribution in [0.3, 0.4) is 0 Å². The minimum Gasteiger partial charge on any atom is -0.357 e. The van der Waals surface area contributed by atoms with E-state index >= 15 is 0 Å². The Morgan fingerprint density at radius 3 is 2.62 bits per heavy atom. The fourth-order valence-electron chi connectivity index (χ4n) is 4.09. The molecule has 0 spiro atoms. The van der Waals surface area contributed by atoms with Crippen molar-refractivity contribution >= 4 is 16.7 Å². The molecule has 1 saturated heterocycles. The predicted molar refractivity (Wildman–Crippen MR) is 101 cm³/mol. The first-order valence-electron chi connectivity index (χ1n) is 9.25. The maximum atomic E-state index is 14.2. The van der Waals surface area contributed by atoms with Gasteiger partial charge in [-0.1, -0.05) is 0 Å². The summed E-state index contributed by atoms with van der Waals surface area (Å²) in [5.41, 5.74) is 0.935. The number of benzene rings is 2. The van der Waals surface area contributed by atoms with Gasteiger partial charge in [-0.3, -0.25) is 0 Å². The number of aromatic nitrogens is 5. The van der Waals surface area contributed by atoms with Gasteiger partial charge in [-0.25, -0.2) is 18.2 Å². The largest absolute Gasteiger partial charge is 0.357 e. The number of anilines is 1. The molecular weight excluding hydrogens is 381 g/mol. The highest BCUT2D eigenvalue weighted by atomic mass is 19.2. The van der Waals surface area contributed by atoms with Gasteiger partial charge in [0.2, 0.25) is 0 Å². The second-order valence-electron chi connectivity index (χ2n) is 7.32. The van der Waals surface area contributed by atoms with Crippen molar-refractivity contribution in [2.45, 2.75) is 25.3 Å². The number of nitrogens with one attached hydrogen (secondary N) is 1. The average Bonchev–Trinajstić information content (AvgIpc) is 3.44. The first-order valence-corrected chi connectivity index (χ1v) is 9.25. The molecule has 2 aromatic carbocycles. The fourth-order valence-corrected chi connectivity index (χ4v) is 4.09. The summed E-state index contributed by atoms with van der Waals surface area (Å²) >= 11 is 0. The summed E-state index contributed by atoms with van der Waals surface area (Å²) in [6, 6.07) is 6.95. The summed E-state index contributed by atoms with van der Waals surface area (Å²) in [5.74, 6) is -1.81. The lowest BCUT2D eigenvalue weighted by molar-refractivity contribution is 0.464. The van der Waals surface area contributed by atoms with Crippen LogP contribution in [-0.2, 0) is 5.54 Å². The van der Waals surface area contributed by atoms with Crippen LogP contribution >= 0.6 is 0 Å². The van der Waals surface area contributed by atoms with Crippen molar-refractivity contribution in [1.82, 2.24) is 25.0 Å². The van der Waals surface area contributed by atoms with Gasteiger partial charge in [0.25, 0.3) is 0 Å². The molecule has 1 aliphatic rings. The standard InChI is InChI=1S/C20H17F3N6/c1-20(19-26-14-5-4-13(22)17(23)18(14)27-19)7-2-10-28(20)16-11-12(21)3-6-15(16)29-24-8-9-25-29/h3-6,8-9,11H,2,7,10H2,1H3,(H,26,27)/t20-/m0/s1. The van der Waals surface area contributed by atoms with Crippen LogP contribution in [0.4, 0.5) is 18.9 Å². The van der Waals surface area contributed by atoms with Crippen LogP contribution < -0.4 is 4.90 Å². The number of hydrogen-bond donors (Lipinski definition) is 1. The van der Waals surface area contributed by atoms with Gasteiger partial charge >= 0.3 is 0 Å². The highest BCUT2D eigenvalue weighted by Gasteiger charge is 2.42. The van der Waals surface area contributed by atoms with Gasteiger partial charge in [-0.05, 0) is 50.1 Å². The first-order chi connectivity index (χ1) is 14.0. The topological polar surface area (TPSA) is 62.6 Å². The number of rotatable bonds is 3. The van der Waals surface area contributed by atoms with E-state index in [4.69, 9.17) is 0 Å². The highest BCUT2D eigenvalue weighted by molar-refractivity contribution is 5.76. The molecule has 0 bridgehead atoms. The lowest BCUT2D eigenvalue weighted by atomic mass is 9.97. The number of H-pyrrole nitrogens is 1. The molecule has 0 unspecified atom stereocenters. The molecule has 148 valence electrons. The minimum atomic E-state index is -0.981. The molecule has 1 atom stereocenters. The van der Waals surface area contributed by atoms with Gasteiger partial charge in [0.05, 0.1) is 29.1 Å². The maximum Gasteiger partial charge on any atom is 0.186 e. The van der Waals surface area contributed by atoms with Crippen molar-refractivity contribution in [3.63, 3.8) is 0 Å². The number of halogens is 3. The van der Waals surface area contributed by atoms with Crippen LogP contribution in [0.2, 0.25) is 0 Å². The third-order valence-electron chi connectivity index (χ3n) is 5.56. The number of imidazole rings is 1. The lowest BCUT2D eigenvalue weighted by Gasteiger charge is -2.36. The van der Waals surface area contributed by atoms with E-state index in [0.717, 1.165) is 12.5 Å². The molecule has 1 fully saturated rings. The Morgan fingerprint density at radius 2 is 1.83 bits per heavy atom. The Kier molecular flexibility index (Phi) is 3.87. The smallest absolute Gasteiger partial charge is 0.186 e. The lowest BCUT2D eigenvalue weighted by Crippen LogP contribution is -2.40. The highest BCUT2D eigenvalue weighted by Crippen LogP contribution is 2.43. The Balaban J connectivity index is 1.66. The zero-order chi connectivity index (χ0) is 20.2. The van der Waals surface area contributed by atoms with Crippen LogP contribution in [0.5, 0.6) is 0 Å². The summed E-state index contributed by atoms with van der Waals surface area (Å²) < 4.78 is 42.0. The molecule has 9 heteroatoms. The van der Waals surface area contributed by atoms with E-state index in [2.05, 4.69) is 20.2 Å². The predicted octanol–water partition coefficient (Wildman–Crippen LogP) is 4.08. The van der Waals surface area contributed by atoms with E-state index in [1.54, 1.807) is 18.5 Å². The maximum absolute atomic E-state index is 14.2. The third kappa shape index (κ3) is 2.68. The molecule has 3 heterocycles. The van der Waals surface area contributed by atoms with Crippen molar-refractivity contribution in [3.8, 4) is 5.69 Å². The van der Waals surface area contributed by atoms with E-state index in [1.807, 2.05) is 11.8 Å². The number of aromatic amines is 1. The van der Waals surface area contributed by atoms with Gasteiger partial charge in [0, 0.05) is 6.54 Å². The Labute approximate surface area is 164 Å². The van der Waals surface area contributed by atoms with Crippen molar-refractivity contribution in [2.75, 3.05) is 11.4 Å². The quantitative estimate of drug-likeness (QED) is 0.565. The molecule has 2 aromatic heterocycles. The molecule has 0 amide bonds. The summed E-state index contributed by atoms with van der Waals surface area (Å²) in [7, 11) is 0. The average molecular weight is 398 g/mol. The molecule has 0 saturated carbocycles. The fraction of sp³-hybridized carbons (Fsp3) is 0.250. The SMILES string of the molecule is C[C@@]1(c2nc3c(F)c(F)ccc3[nH]2)CCCN1c1cc(F)ccc1-n1nccn1. The Hall–Kier alpha value is -3.36. The normalized spacial score (nSPS) is 19.4. The molecule has 4 aromatic rings. The monoisotopic (exact) mass is 398 g/mol. The van der Waals surface area contributed by atoms with Crippen molar-refractivity contribution in [2.24, 2.45) is 0 Å². The van der Waals surface area contributed by atoms with Gasteiger partial charge in [0.1, 0.15) is 22.8 Å². The zero-order valence-electron chi connectivity index (χ0n) is 15.5. The summed E-state index contributed by atoms with van der Waals surface area (Å²) in [6.45, 7) is 2.60. The summed E-state index contributed by atoms with van der Waals surface area (Å²) in [5, 5.41) is 8.33. The van der Waals surface area contributed by atoms with E-state index in [9.17, 15) is 13.2 Å². The molecule has 5 rings (SSSR count). The van der Waals surface area contributed by atoms with E-state index in [-0.39, 0.29) is 11.3 Å². The van der Waals surface area contributed by atoms with E-state index < -0.39 is 17.2 Å². The molecule has 0 radical (unpaired) electrons. The molecule has 29 heavy (non-hydrogen) atoms. The molecular formula is C20H17F3N6. The second kappa shape index (κ2) is 6.33. The number of hydrogen-bond acceptors (Lipinski definition) is 4. The molecule has 1 aliphatic heterocycles. The van der Waals surface area contributed by atoms with Gasteiger partial charge in [0.15, 0.2) is 11.6 Å². The first kappa shape index (κ1) is 17.7. The molecule has 0 aliphatic carbocycles. The molecule has 1 N–H and O–H groups in total. The number of nitrogens with zero attached hydrogens (tertiary/aromatic N) is 5. The number of fused-ring (bicyclic) bond motifs is 1. The Bertz CT molecular complexity index is 1200.